The van der Waals surface area contributed by atoms with Crippen molar-refractivity contribution in [3.05, 3.63) is 51.4 Å². The van der Waals surface area contributed by atoms with Crippen LogP contribution in [0.3, 0.4) is 0 Å². The summed E-state index contributed by atoms with van der Waals surface area (Å²) in [5, 5.41) is 13.8. The summed E-state index contributed by atoms with van der Waals surface area (Å²) in [7, 11) is 1.59. The Morgan fingerprint density at radius 2 is 2.17 bits per heavy atom. The largest absolute Gasteiger partial charge is 0.497 e. The molecule has 2 heterocycles. The topological polar surface area (TPSA) is 94.4 Å². The standard InChI is InChI=1S/C15H11N3O4S2/c1-22-9-2-5-11-12(8-9)24-15(16-11)17-13(19)6-3-10-4-7-14(23-10)18(20)21/h2-8H,1H3,(H,16,17,19). The number of aromatic nitrogens is 1. The minimum absolute atomic E-state index is 0.0372. The molecule has 0 aliphatic rings. The maximum absolute atomic E-state index is 11.9. The van der Waals surface area contributed by atoms with E-state index in [1.807, 2.05) is 12.1 Å². The third-order valence-corrected chi connectivity index (χ3v) is 4.95. The molecule has 3 aromatic rings. The fourth-order valence-electron chi connectivity index (χ4n) is 1.92. The lowest BCUT2D eigenvalue weighted by Crippen LogP contribution is -2.06. The van der Waals surface area contributed by atoms with E-state index >= 15 is 0 Å². The van der Waals surface area contributed by atoms with Gasteiger partial charge >= 0.3 is 5.00 Å². The van der Waals surface area contributed by atoms with Crippen LogP contribution in [0, 0.1) is 10.1 Å². The number of anilines is 1. The normalized spacial score (nSPS) is 11.0. The van der Waals surface area contributed by atoms with Crippen LogP contribution in [0.25, 0.3) is 16.3 Å². The Morgan fingerprint density at radius 3 is 2.88 bits per heavy atom. The van der Waals surface area contributed by atoms with Gasteiger partial charge in [0, 0.05) is 17.0 Å². The average Bonchev–Trinajstić information content (AvgIpc) is 3.18. The van der Waals surface area contributed by atoms with Gasteiger partial charge in [0.1, 0.15) is 5.75 Å². The Balaban J connectivity index is 1.69. The molecule has 0 unspecified atom stereocenters. The van der Waals surface area contributed by atoms with Crippen molar-refractivity contribution < 1.29 is 14.5 Å². The Hall–Kier alpha value is -2.78. The highest BCUT2D eigenvalue weighted by Crippen LogP contribution is 2.29. The number of hydrogen-bond donors (Lipinski definition) is 1. The highest BCUT2D eigenvalue weighted by atomic mass is 32.1. The number of thiophene rings is 1. The molecular weight excluding hydrogens is 350 g/mol. The lowest BCUT2D eigenvalue weighted by molar-refractivity contribution is -0.380. The van der Waals surface area contributed by atoms with Crippen molar-refractivity contribution in [2.45, 2.75) is 0 Å². The highest BCUT2D eigenvalue weighted by molar-refractivity contribution is 7.22. The number of amides is 1. The average molecular weight is 361 g/mol. The van der Waals surface area contributed by atoms with Gasteiger partial charge in [0.15, 0.2) is 5.13 Å². The van der Waals surface area contributed by atoms with Gasteiger partial charge in [0.05, 0.1) is 22.2 Å². The van der Waals surface area contributed by atoms with Crippen LogP contribution in [-0.4, -0.2) is 22.9 Å². The molecule has 122 valence electrons. The molecule has 9 heteroatoms. The third kappa shape index (κ3) is 3.58. The maximum Gasteiger partial charge on any atom is 0.324 e. The summed E-state index contributed by atoms with van der Waals surface area (Å²) in [6.45, 7) is 0. The zero-order valence-electron chi connectivity index (χ0n) is 12.4. The van der Waals surface area contributed by atoms with E-state index in [0.29, 0.717) is 10.0 Å². The van der Waals surface area contributed by atoms with E-state index in [2.05, 4.69) is 10.3 Å². The number of nitrogens with zero attached hydrogens (tertiary/aromatic N) is 2. The van der Waals surface area contributed by atoms with E-state index in [1.54, 1.807) is 19.2 Å². The molecule has 0 atom stereocenters. The minimum Gasteiger partial charge on any atom is -0.497 e. The number of methoxy groups -OCH3 is 1. The van der Waals surface area contributed by atoms with Crippen molar-refractivity contribution in [3.63, 3.8) is 0 Å². The molecule has 2 aromatic heterocycles. The van der Waals surface area contributed by atoms with Gasteiger partial charge in [-0.25, -0.2) is 4.98 Å². The van der Waals surface area contributed by atoms with E-state index in [4.69, 9.17) is 4.74 Å². The first-order valence-corrected chi connectivity index (χ1v) is 8.36. The summed E-state index contributed by atoms with van der Waals surface area (Å²) >= 11 is 2.35. The Kier molecular flexibility index (Phi) is 4.54. The van der Waals surface area contributed by atoms with Gasteiger partial charge in [-0.15, -0.1) is 0 Å². The number of carbonyl (C=O) groups is 1. The van der Waals surface area contributed by atoms with Gasteiger partial charge in [-0.2, -0.15) is 0 Å². The molecule has 24 heavy (non-hydrogen) atoms. The maximum atomic E-state index is 11.9. The molecule has 0 radical (unpaired) electrons. The summed E-state index contributed by atoms with van der Waals surface area (Å²) in [5.74, 6) is 0.375. The zero-order valence-corrected chi connectivity index (χ0v) is 14.0. The fraction of sp³-hybridized carbons (Fsp3) is 0.0667. The Labute approximate surface area is 144 Å². The zero-order chi connectivity index (χ0) is 17.1. The monoisotopic (exact) mass is 361 g/mol. The van der Waals surface area contributed by atoms with Gasteiger partial charge in [0.25, 0.3) is 0 Å². The molecule has 0 spiro atoms. The first-order valence-electron chi connectivity index (χ1n) is 6.73. The third-order valence-electron chi connectivity index (χ3n) is 3.02. The van der Waals surface area contributed by atoms with Gasteiger partial charge in [-0.05, 0) is 30.3 Å². The molecule has 0 aliphatic heterocycles. The highest BCUT2D eigenvalue weighted by Gasteiger charge is 2.09. The molecule has 0 fully saturated rings. The number of ether oxygens (including phenoxy) is 1. The molecule has 0 saturated carbocycles. The van der Waals surface area contributed by atoms with Crippen molar-refractivity contribution >= 4 is 55.0 Å². The van der Waals surface area contributed by atoms with Crippen LogP contribution in [0.2, 0.25) is 0 Å². The summed E-state index contributed by atoms with van der Waals surface area (Å²) < 4.78 is 6.06. The summed E-state index contributed by atoms with van der Waals surface area (Å²) in [6, 6.07) is 8.47. The minimum atomic E-state index is -0.461. The van der Waals surface area contributed by atoms with Crippen LogP contribution < -0.4 is 10.1 Å². The first kappa shape index (κ1) is 16.1. The number of carbonyl (C=O) groups excluding carboxylic acids is 1. The summed E-state index contributed by atoms with van der Waals surface area (Å²) in [5.41, 5.74) is 0.772. The van der Waals surface area contributed by atoms with Crippen molar-refractivity contribution in [1.29, 1.82) is 0 Å². The molecule has 3 rings (SSSR count). The van der Waals surface area contributed by atoms with E-state index in [1.165, 1.54) is 29.6 Å². The number of rotatable bonds is 5. The molecule has 0 bridgehead atoms. The van der Waals surface area contributed by atoms with Crippen LogP contribution in [0.15, 0.2) is 36.4 Å². The van der Waals surface area contributed by atoms with Crippen molar-refractivity contribution in [2.75, 3.05) is 12.4 Å². The Morgan fingerprint density at radius 1 is 1.33 bits per heavy atom. The SMILES string of the molecule is COc1ccc2nc(NC(=O)C=Cc3ccc([N+](=O)[O-])s3)sc2c1. The van der Waals surface area contributed by atoms with Crippen LogP contribution in [0.1, 0.15) is 4.88 Å². The number of hydrogen-bond acceptors (Lipinski definition) is 7. The number of fused-ring (bicyclic) bond motifs is 1. The number of thiazole rings is 1. The predicted octanol–water partition coefficient (Wildman–Crippen LogP) is 3.93. The number of nitro groups is 1. The van der Waals surface area contributed by atoms with E-state index in [9.17, 15) is 14.9 Å². The second kappa shape index (κ2) is 6.77. The van der Waals surface area contributed by atoms with E-state index in [-0.39, 0.29) is 10.9 Å². The van der Waals surface area contributed by atoms with Crippen LogP contribution >= 0.6 is 22.7 Å². The van der Waals surface area contributed by atoms with Gasteiger partial charge < -0.3 is 4.74 Å². The lowest BCUT2D eigenvalue weighted by atomic mass is 10.3. The quantitative estimate of drug-likeness (QED) is 0.422. The number of benzene rings is 1. The van der Waals surface area contributed by atoms with E-state index in [0.717, 1.165) is 27.3 Å². The van der Waals surface area contributed by atoms with Crippen LogP contribution in [0.4, 0.5) is 10.1 Å². The summed E-state index contributed by atoms with van der Waals surface area (Å²) in [6.07, 6.45) is 2.85. The molecule has 1 amide bonds. The molecule has 1 N–H and O–H groups in total. The van der Waals surface area contributed by atoms with Gasteiger partial charge in [0.2, 0.25) is 5.91 Å². The van der Waals surface area contributed by atoms with Crippen molar-refractivity contribution in [3.8, 4) is 5.75 Å². The van der Waals surface area contributed by atoms with Crippen LogP contribution in [0.5, 0.6) is 5.75 Å². The van der Waals surface area contributed by atoms with Crippen molar-refractivity contribution in [2.24, 2.45) is 0 Å². The van der Waals surface area contributed by atoms with Crippen molar-refractivity contribution in [1.82, 2.24) is 4.98 Å². The lowest BCUT2D eigenvalue weighted by Gasteiger charge is -1.96. The molecule has 0 saturated heterocycles. The number of nitrogens with one attached hydrogen (secondary N) is 1. The molecular formula is C15H11N3O4S2. The second-order valence-corrected chi connectivity index (χ2v) is 6.73. The first-order chi connectivity index (χ1) is 11.5. The predicted molar refractivity (Wildman–Crippen MR) is 94.8 cm³/mol. The van der Waals surface area contributed by atoms with E-state index < -0.39 is 4.92 Å². The molecule has 7 nitrogen and oxygen atoms in total. The van der Waals surface area contributed by atoms with Gasteiger partial charge in [-0.3, -0.25) is 20.2 Å². The second-order valence-electron chi connectivity index (χ2n) is 4.61. The molecule has 0 aliphatic carbocycles. The van der Waals surface area contributed by atoms with Gasteiger partial charge in [-0.1, -0.05) is 22.7 Å². The fourth-order valence-corrected chi connectivity index (χ4v) is 3.54. The summed E-state index contributed by atoms with van der Waals surface area (Å²) in [4.78, 5) is 27.1. The Bertz CT molecular complexity index is 945. The smallest absolute Gasteiger partial charge is 0.324 e. The molecule has 1 aromatic carbocycles. The van der Waals surface area contributed by atoms with Crippen LogP contribution in [-0.2, 0) is 4.79 Å².